The zero-order valence-electron chi connectivity index (χ0n) is 10.3. The highest BCUT2D eigenvalue weighted by Gasteiger charge is 2.14. The molecule has 0 radical (unpaired) electrons. The van der Waals surface area contributed by atoms with E-state index in [1.807, 2.05) is 29.0 Å². The van der Waals surface area contributed by atoms with Gasteiger partial charge in [0, 0.05) is 12.0 Å². The van der Waals surface area contributed by atoms with Crippen molar-refractivity contribution in [2.24, 2.45) is 0 Å². The fourth-order valence-corrected chi connectivity index (χ4v) is 3.53. The maximum absolute atomic E-state index is 12.3. The van der Waals surface area contributed by atoms with E-state index < -0.39 is 0 Å². The lowest BCUT2D eigenvalue weighted by Gasteiger charge is -2.14. The van der Waals surface area contributed by atoms with Crippen LogP contribution in [0.4, 0.5) is 0 Å². The number of ether oxygens (including phenoxy) is 1. The molecule has 3 heterocycles. The molecule has 0 aliphatic heterocycles. The average Bonchev–Trinajstić information content (AvgIpc) is 3.09. The summed E-state index contributed by atoms with van der Waals surface area (Å²) in [6, 6.07) is 5.86. The minimum atomic E-state index is -0.114. The molecule has 0 amide bonds. The number of thiophene rings is 2. The molecule has 0 saturated heterocycles. The van der Waals surface area contributed by atoms with Gasteiger partial charge in [-0.2, -0.15) is 0 Å². The highest BCUT2D eigenvalue weighted by atomic mass is 32.1. The van der Waals surface area contributed by atoms with Crippen LogP contribution in [0.5, 0.6) is 0 Å². The molecule has 6 heteroatoms. The number of rotatable bonds is 4. The largest absolute Gasteiger partial charge is 0.374 e. The van der Waals surface area contributed by atoms with Crippen molar-refractivity contribution in [1.82, 2.24) is 9.55 Å². The third-order valence-corrected chi connectivity index (χ3v) is 4.80. The molecule has 3 aromatic rings. The maximum atomic E-state index is 12.3. The third-order valence-electron chi connectivity index (χ3n) is 2.94. The van der Waals surface area contributed by atoms with Crippen molar-refractivity contribution < 1.29 is 4.74 Å². The van der Waals surface area contributed by atoms with Gasteiger partial charge in [0.15, 0.2) is 0 Å². The SMILES string of the molecule is CO[C@@H](Cn1cnc2ccsc2c1=O)c1cccs1. The summed E-state index contributed by atoms with van der Waals surface area (Å²) < 4.78 is 7.79. The van der Waals surface area contributed by atoms with Gasteiger partial charge in [-0.1, -0.05) is 6.07 Å². The number of methoxy groups -OCH3 is 1. The van der Waals surface area contributed by atoms with Crippen LogP contribution >= 0.6 is 22.7 Å². The fraction of sp³-hybridized carbons (Fsp3) is 0.231. The fourth-order valence-electron chi connectivity index (χ4n) is 1.94. The zero-order chi connectivity index (χ0) is 13.2. The third kappa shape index (κ3) is 2.34. The van der Waals surface area contributed by atoms with Crippen LogP contribution in [0.1, 0.15) is 11.0 Å². The molecule has 4 nitrogen and oxygen atoms in total. The van der Waals surface area contributed by atoms with Gasteiger partial charge in [0.1, 0.15) is 10.8 Å². The van der Waals surface area contributed by atoms with Crippen LogP contribution in [-0.2, 0) is 11.3 Å². The normalized spacial score (nSPS) is 12.9. The summed E-state index contributed by atoms with van der Waals surface area (Å²) in [5.74, 6) is 0. The van der Waals surface area contributed by atoms with Gasteiger partial charge in [-0.15, -0.1) is 22.7 Å². The van der Waals surface area contributed by atoms with Crippen LogP contribution in [0.15, 0.2) is 40.1 Å². The van der Waals surface area contributed by atoms with Gasteiger partial charge in [-0.05, 0) is 22.9 Å². The lowest BCUT2D eigenvalue weighted by molar-refractivity contribution is 0.0897. The molecule has 0 aliphatic rings. The van der Waals surface area contributed by atoms with E-state index in [1.54, 1.807) is 29.3 Å². The predicted molar refractivity (Wildman–Crippen MR) is 77.9 cm³/mol. The van der Waals surface area contributed by atoms with Crippen LogP contribution in [0.2, 0.25) is 0 Å². The van der Waals surface area contributed by atoms with Crippen LogP contribution in [0.3, 0.4) is 0 Å². The number of aromatic nitrogens is 2. The predicted octanol–water partition coefficient (Wildman–Crippen LogP) is 2.91. The molecule has 0 N–H and O–H groups in total. The van der Waals surface area contributed by atoms with E-state index in [0.717, 1.165) is 10.4 Å². The van der Waals surface area contributed by atoms with E-state index in [9.17, 15) is 4.79 Å². The summed E-state index contributed by atoms with van der Waals surface area (Å²) in [6.07, 6.45) is 1.48. The van der Waals surface area contributed by atoms with Crippen molar-refractivity contribution in [2.45, 2.75) is 12.6 Å². The monoisotopic (exact) mass is 292 g/mol. The molecule has 3 aromatic heterocycles. The molecule has 0 aliphatic carbocycles. The quantitative estimate of drug-likeness (QED) is 0.742. The molecule has 3 rings (SSSR count). The Morgan fingerprint density at radius 1 is 1.37 bits per heavy atom. The number of nitrogens with zero attached hydrogens (tertiary/aromatic N) is 2. The Kier molecular flexibility index (Phi) is 3.46. The van der Waals surface area contributed by atoms with Crippen molar-refractivity contribution in [2.75, 3.05) is 7.11 Å². The topological polar surface area (TPSA) is 44.1 Å². The van der Waals surface area contributed by atoms with Gasteiger partial charge in [-0.25, -0.2) is 4.98 Å². The molecule has 19 heavy (non-hydrogen) atoms. The molecule has 1 atom stereocenters. The molecule has 0 fully saturated rings. The first-order valence-electron chi connectivity index (χ1n) is 5.78. The first-order chi connectivity index (χ1) is 9.29. The van der Waals surface area contributed by atoms with E-state index in [0.29, 0.717) is 11.2 Å². The van der Waals surface area contributed by atoms with Gasteiger partial charge >= 0.3 is 0 Å². The van der Waals surface area contributed by atoms with Gasteiger partial charge in [0.25, 0.3) is 5.56 Å². The zero-order valence-corrected chi connectivity index (χ0v) is 11.9. The average molecular weight is 292 g/mol. The Morgan fingerprint density at radius 3 is 3.00 bits per heavy atom. The Labute approximate surface area is 117 Å². The Morgan fingerprint density at radius 2 is 2.26 bits per heavy atom. The van der Waals surface area contributed by atoms with E-state index in [-0.39, 0.29) is 11.7 Å². The smallest absolute Gasteiger partial charge is 0.271 e. The number of hydrogen-bond acceptors (Lipinski definition) is 5. The Hall–Kier alpha value is -1.50. The summed E-state index contributed by atoms with van der Waals surface area (Å²) in [6.45, 7) is 0.483. The van der Waals surface area contributed by atoms with E-state index in [2.05, 4.69) is 4.98 Å². The van der Waals surface area contributed by atoms with Crippen molar-refractivity contribution >= 4 is 32.9 Å². The standard InChI is InChI=1S/C13H12N2O2S2/c1-17-10(11-3-2-5-18-11)7-15-8-14-9-4-6-19-12(9)13(15)16/h2-6,8,10H,7H2,1H3/t10-/m0/s1. The second-order valence-electron chi connectivity index (χ2n) is 4.08. The van der Waals surface area contributed by atoms with Gasteiger partial charge < -0.3 is 4.74 Å². The van der Waals surface area contributed by atoms with Gasteiger partial charge in [0.2, 0.25) is 0 Å². The summed E-state index contributed by atoms with van der Waals surface area (Å²) in [4.78, 5) is 17.7. The molecular weight excluding hydrogens is 280 g/mol. The highest BCUT2D eigenvalue weighted by molar-refractivity contribution is 7.17. The minimum absolute atomic E-state index is 0.00129. The molecule has 0 bridgehead atoms. The summed E-state index contributed by atoms with van der Waals surface area (Å²) >= 11 is 3.05. The molecule has 98 valence electrons. The van der Waals surface area contributed by atoms with Crippen LogP contribution in [0.25, 0.3) is 10.2 Å². The molecule has 0 aromatic carbocycles. The van der Waals surface area contributed by atoms with Crippen molar-refractivity contribution in [1.29, 1.82) is 0 Å². The summed E-state index contributed by atoms with van der Waals surface area (Å²) in [5, 5.41) is 3.89. The number of fused-ring (bicyclic) bond motifs is 1. The molecule has 0 spiro atoms. The van der Waals surface area contributed by atoms with Crippen LogP contribution in [-0.4, -0.2) is 16.7 Å². The maximum Gasteiger partial charge on any atom is 0.271 e. The van der Waals surface area contributed by atoms with Crippen molar-refractivity contribution in [3.8, 4) is 0 Å². The van der Waals surface area contributed by atoms with E-state index in [1.165, 1.54) is 11.3 Å². The number of hydrogen-bond donors (Lipinski definition) is 0. The van der Waals surface area contributed by atoms with Crippen LogP contribution in [0, 0.1) is 0 Å². The first-order valence-corrected chi connectivity index (χ1v) is 7.54. The second-order valence-corrected chi connectivity index (χ2v) is 5.97. The van der Waals surface area contributed by atoms with Crippen molar-refractivity contribution in [3.63, 3.8) is 0 Å². The lowest BCUT2D eigenvalue weighted by Crippen LogP contribution is -2.23. The van der Waals surface area contributed by atoms with E-state index in [4.69, 9.17) is 4.74 Å². The van der Waals surface area contributed by atoms with Gasteiger partial charge in [0.05, 0.1) is 18.4 Å². The summed E-state index contributed by atoms with van der Waals surface area (Å²) in [7, 11) is 1.66. The highest BCUT2D eigenvalue weighted by Crippen LogP contribution is 2.23. The lowest BCUT2D eigenvalue weighted by atomic mass is 10.3. The Balaban J connectivity index is 1.96. The summed E-state index contributed by atoms with van der Waals surface area (Å²) in [5.41, 5.74) is 0.759. The second kappa shape index (κ2) is 5.24. The molecule has 0 saturated carbocycles. The Bertz CT molecular complexity index is 731. The van der Waals surface area contributed by atoms with Crippen molar-refractivity contribution in [3.05, 3.63) is 50.5 Å². The minimum Gasteiger partial charge on any atom is -0.374 e. The first kappa shape index (κ1) is 12.5. The molecular formula is C13H12N2O2S2. The van der Waals surface area contributed by atoms with Crippen LogP contribution < -0.4 is 5.56 Å². The van der Waals surface area contributed by atoms with E-state index >= 15 is 0 Å². The van der Waals surface area contributed by atoms with Gasteiger partial charge in [-0.3, -0.25) is 9.36 Å². The molecule has 0 unspecified atom stereocenters.